The zero-order valence-electron chi connectivity index (χ0n) is 8.62. The molecule has 1 heterocycles. The first-order chi connectivity index (χ1) is 7.66. The Morgan fingerprint density at radius 3 is 2.56 bits per heavy atom. The van der Waals surface area contributed by atoms with Crippen LogP contribution in [0.3, 0.4) is 0 Å². The van der Waals surface area contributed by atoms with Crippen molar-refractivity contribution in [3.8, 4) is 11.3 Å². The van der Waals surface area contributed by atoms with Gasteiger partial charge in [0.2, 0.25) is 10.9 Å². The predicted molar refractivity (Wildman–Crippen MR) is 62.1 cm³/mol. The summed E-state index contributed by atoms with van der Waals surface area (Å²) in [5, 5.41) is 0. The van der Waals surface area contributed by atoms with Crippen LogP contribution in [0.25, 0.3) is 11.3 Å². The van der Waals surface area contributed by atoms with Gasteiger partial charge in [0.05, 0.1) is 11.9 Å². The fourth-order valence-electron chi connectivity index (χ4n) is 1.40. The maximum absolute atomic E-state index is 10.6. The van der Waals surface area contributed by atoms with Crippen LogP contribution < -0.4 is 4.83 Å². The Morgan fingerprint density at radius 1 is 1.25 bits per heavy atom. The third kappa shape index (κ3) is 2.22. The topological polar surface area (TPSA) is 64.0 Å². The lowest BCUT2D eigenvalue weighted by Gasteiger charge is -2.05. The average molecular weight is 237 g/mol. The summed E-state index contributed by atoms with van der Waals surface area (Å²) in [6, 6.07) is 7.76. The van der Waals surface area contributed by atoms with Crippen molar-refractivity contribution >= 4 is 10.9 Å². The lowest BCUT2D eigenvalue weighted by atomic mass is 10.1. The molecular formula is C10H11N3O2S. The average Bonchev–Trinajstić information content (AvgIpc) is 2.66. The van der Waals surface area contributed by atoms with Gasteiger partial charge in [0, 0.05) is 5.56 Å². The van der Waals surface area contributed by atoms with Crippen LogP contribution in [0.4, 0.5) is 0 Å². The first-order valence-corrected chi connectivity index (χ1v) is 5.85. The van der Waals surface area contributed by atoms with Crippen molar-refractivity contribution in [2.45, 2.75) is 6.92 Å². The number of nitrogens with zero attached hydrogens (tertiary/aromatic N) is 2. The van der Waals surface area contributed by atoms with Crippen LogP contribution in [-0.4, -0.2) is 18.1 Å². The number of hydrogen-bond acceptors (Lipinski definition) is 3. The van der Waals surface area contributed by atoms with Gasteiger partial charge in [-0.05, 0) is 6.92 Å². The zero-order valence-corrected chi connectivity index (χ0v) is 9.52. The largest absolute Gasteiger partial charge is 0.243 e. The fourth-order valence-corrected chi connectivity index (χ4v) is 1.74. The Morgan fingerprint density at radius 2 is 1.94 bits per heavy atom. The number of aryl methyl sites for hydroxylation is 1. The van der Waals surface area contributed by atoms with E-state index in [2.05, 4.69) is 9.82 Å². The van der Waals surface area contributed by atoms with Gasteiger partial charge in [-0.2, -0.15) is 0 Å². The second kappa shape index (κ2) is 4.36. The molecule has 0 fully saturated rings. The van der Waals surface area contributed by atoms with Gasteiger partial charge in [-0.15, -0.1) is 0 Å². The summed E-state index contributed by atoms with van der Waals surface area (Å²) in [6.45, 7) is 1.99. The number of nitrogens with one attached hydrogen (secondary N) is 1. The standard InChI is InChI=1S/C10H11N3O2S/c1-8-2-4-9(5-3-8)10-6-11-7-13(10)12-16(14)15/h2-7,16H,1H3,(H,12,14,15). The van der Waals surface area contributed by atoms with Crippen LogP contribution in [0.2, 0.25) is 0 Å². The monoisotopic (exact) mass is 237 g/mol. The van der Waals surface area contributed by atoms with E-state index in [1.54, 1.807) is 6.20 Å². The first kappa shape index (κ1) is 10.7. The normalized spacial score (nSPS) is 10.6. The summed E-state index contributed by atoms with van der Waals surface area (Å²) >= 11 is 0. The number of benzene rings is 1. The summed E-state index contributed by atoms with van der Waals surface area (Å²) in [4.78, 5) is 6.18. The molecule has 0 bridgehead atoms. The Balaban J connectivity index is 2.40. The van der Waals surface area contributed by atoms with Gasteiger partial charge >= 0.3 is 0 Å². The molecule has 0 aliphatic heterocycles. The molecule has 2 rings (SSSR count). The van der Waals surface area contributed by atoms with Crippen molar-refractivity contribution in [1.29, 1.82) is 0 Å². The molecule has 1 aromatic heterocycles. The third-order valence-corrected chi connectivity index (χ3v) is 2.55. The van der Waals surface area contributed by atoms with Gasteiger partial charge < -0.3 is 0 Å². The molecule has 0 aliphatic carbocycles. The second-order valence-corrected chi connectivity index (χ2v) is 4.09. The quantitative estimate of drug-likeness (QED) is 0.780. The van der Waals surface area contributed by atoms with E-state index in [-0.39, 0.29) is 0 Å². The number of aromatic nitrogens is 2. The van der Waals surface area contributed by atoms with Crippen LogP contribution in [0.15, 0.2) is 36.8 Å². The van der Waals surface area contributed by atoms with E-state index >= 15 is 0 Å². The van der Waals surface area contributed by atoms with Crippen molar-refractivity contribution in [2.75, 3.05) is 4.83 Å². The Bertz CT molecular complexity index is 550. The van der Waals surface area contributed by atoms with Crippen LogP contribution in [0, 0.1) is 6.92 Å². The van der Waals surface area contributed by atoms with Crippen molar-refractivity contribution in [3.05, 3.63) is 42.4 Å². The van der Waals surface area contributed by atoms with Gasteiger partial charge in [-0.25, -0.2) is 22.9 Å². The smallest absolute Gasteiger partial charge is 0.236 e. The summed E-state index contributed by atoms with van der Waals surface area (Å²) in [6.07, 6.45) is 3.02. The number of hydrogen-bond donors (Lipinski definition) is 2. The molecule has 0 saturated carbocycles. The van der Waals surface area contributed by atoms with Crippen molar-refractivity contribution in [2.24, 2.45) is 0 Å². The number of imidazole rings is 1. The molecule has 1 aromatic carbocycles. The lowest BCUT2D eigenvalue weighted by molar-refractivity contribution is 0.614. The fraction of sp³-hybridized carbons (Fsp3) is 0.100. The van der Waals surface area contributed by atoms with Crippen molar-refractivity contribution in [3.63, 3.8) is 0 Å². The van der Waals surface area contributed by atoms with Crippen LogP contribution in [0.1, 0.15) is 5.56 Å². The molecule has 6 heteroatoms. The van der Waals surface area contributed by atoms with Crippen LogP contribution in [0.5, 0.6) is 0 Å². The zero-order chi connectivity index (χ0) is 11.5. The number of thiol groups is 1. The Hall–Kier alpha value is -1.82. The SMILES string of the molecule is Cc1ccc(-c2cncn2N[SH](=O)=O)cc1. The molecule has 0 spiro atoms. The molecule has 0 saturated heterocycles. The van der Waals surface area contributed by atoms with E-state index in [0.717, 1.165) is 11.1 Å². The predicted octanol–water partition coefficient (Wildman–Crippen LogP) is 0.928. The van der Waals surface area contributed by atoms with Gasteiger partial charge in [0.25, 0.3) is 0 Å². The van der Waals surface area contributed by atoms with Gasteiger partial charge in [0.1, 0.15) is 6.33 Å². The third-order valence-electron chi connectivity index (χ3n) is 2.18. The molecule has 0 unspecified atom stereocenters. The van der Waals surface area contributed by atoms with Gasteiger partial charge in [-0.1, -0.05) is 29.8 Å². The van der Waals surface area contributed by atoms with Crippen molar-refractivity contribution in [1.82, 2.24) is 9.66 Å². The molecule has 0 atom stereocenters. The molecule has 0 amide bonds. The highest BCUT2D eigenvalue weighted by molar-refractivity contribution is 7.73. The molecular weight excluding hydrogens is 226 g/mol. The second-order valence-electron chi connectivity index (χ2n) is 3.37. The highest BCUT2D eigenvalue weighted by Gasteiger charge is 2.04. The first-order valence-electron chi connectivity index (χ1n) is 4.67. The highest BCUT2D eigenvalue weighted by atomic mass is 32.2. The van der Waals surface area contributed by atoms with E-state index < -0.39 is 10.9 Å². The van der Waals surface area contributed by atoms with E-state index in [0.29, 0.717) is 5.69 Å². The minimum atomic E-state index is -2.69. The number of rotatable bonds is 3. The summed E-state index contributed by atoms with van der Waals surface area (Å²) in [5.41, 5.74) is 2.77. The molecule has 84 valence electrons. The summed E-state index contributed by atoms with van der Waals surface area (Å²) < 4.78 is 22.5. The minimum Gasteiger partial charge on any atom is -0.243 e. The van der Waals surface area contributed by atoms with E-state index in [9.17, 15) is 8.42 Å². The Labute approximate surface area is 94.8 Å². The van der Waals surface area contributed by atoms with E-state index in [4.69, 9.17) is 0 Å². The highest BCUT2D eigenvalue weighted by Crippen LogP contribution is 2.18. The Kier molecular flexibility index (Phi) is 2.91. The molecule has 0 radical (unpaired) electrons. The maximum atomic E-state index is 10.6. The molecule has 0 aliphatic rings. The lowest BCUT2D eigenvalue weighted by Crippen LogP contribution is -2.12. The van der Waals surface area contributed by atoms with Gasteiger partial charge in [0.15, 0.2) is 0 Å². The van der Waals surface area contributed by atoms with E-state index in [1.165, 1.54) is 11.0 Å². The minimum absolute atomic E-state index is 0.708. The molecule has 2 aromatic rings. The van der Waals surface area contributed by atoms with Gasteiger partial charge in [-0.3, -0.25) is 0 Å². The summed E-state index contributed by atoms with van der Waals surface area (Å²) in [5.74, 6) is 0. The van der Waals surface area contributed by atoms with E-state index in [1.807, 2.05) is 31.2 Å². The van der Waals surface area contributed by atoms with Crippen LogP contribution in [-0.2, 0) is 10.9 Å². The van der Waals surface area contributed by atoms with Crippen molar-refractivity contribution < 1.29 is 8.42 Å². The summed E-state index contributed by atoms with van der Waals surface area (Å²) in [7, 11) is -2.69. The maximum Gasteiger partial charge on any atom is 0.236 e. The van der Waals surface area contributed by atoms with Crippen LogP contribution >= 0.6 is 0 Å². The molecule has 1 N–H and O–H groups in total. The molecule has 16 heavy (non-hydrogen) atoms. The molecule has 5 nitrogen and oxygen atoms in total.